The predicted octanol–water partition coefficient (Wildman–Crippen LogP) is 1.61. The molecule has 2 N–H and O–H groups in total. The Bertz CT molecular complexity index is 449. The Morgan fingerprint density at radius 2 is 1.64 bits per heavy atom. The number of ether oxygens (including phenoxy) is 1. The van der Waals surface area contributed by atoms with Crippen molar-refractivity contribution >= 4 is 18.0 Å². The monoisotopic (exact) mass is 314 g/mol. The molecule has 1 heterocycles. The van der Waals surface area contributed by atoms with Crippen LogP contribution in [0.25, 0.3) is 0 Å². The van der Waals surface area contributed by atoms with E-state index in [1.54, 1.807) is 25.7 Å². The van der Waals surface area contributed by atoms with Gasteiger partial charge in [-0.3, -0.25) is 4.79 Å². The first kappa shape index (κ1) is 18.3. The summed E-state index contributed by atoms with van der Waals surface area (Å²) in [6.07, 6.45) is 0.618. The summed E-state index contributed by atoms with van der Waals surface area (Å²) < 4.78 is 5.31. The third kappa shape index (κ3) is 4.61. The maximum Gasteiger partial charge on any atom is 0.410 e. The van der Waals surface area contributed by atoms with Gasteiger partial charge in [0.05, 0.1) is 0 Å². The Morgan fingerprint density at radius 1 is 1.14 bits per heavy atom. The van der Waals surface area contributed by atoms with E-state index in [1.807, 2.05) is 0 Å². The molecule has 2 amide bonds. The highest BCUT2D eigenvalue weighted by molar-refractivity contribution is 5.86. The average Bonchev–Trinajstić information content (AvgIpc) is 2.35. The van der Waals surface area contributed by atoms with Gasteiger partial charge in [0.1, 0.15) is 11.1 Å². The van der Waals surface area contributed by atoms with Crippen molar-refractivity contribution in [1.82, 2.24) is 10.2 Å². The summed E-state index contributed by atoms with van der Waals surface area (Å²) in [6.45, 7) is 9.06. The Hall–Kier alpha value is -1.79. The molecule has 7 nitrogen and oxygen atoms in total. The fourth-order valence-electron chi connectivity index (χ4n) is 2.66. The fourth-order valence-corrected chi connectivity index (χ4v) is 2.66. The van der Waals surface area contributed by atoms with Crippen LogP contribution in [0.15, 0.2) is 0 Å². The van der Waals surface area contributed by atoms with Crippen LogP contribution in [0.1, 0.15) is 47.5 Å². The molecule has 0 aliphatic carbocycles. The third-order valence-electron chi connectivity index (χ3n) is 3.84. The van der Waals surface area contributed by atoms with Crippen LogP contribution in [0.2, 0.25) is 0 Å². The molecule has 7 heteroatoms. The molecule has 1 fully saturated rings. The van der Waals surface area contributed by atoms with Gasteiger partial charge in [0.25, 0.3) is 0 Å². The number of carboxylic acid groups (broad SMARTS) is 1. The van der Waals surface area contributed by atoms with Crippen molar-refractivity contribution in [2.24, 2.45) is 5.92 Å². The molecule has 1 aliphatic heterocycles. The number of carbonyl (C=O) groups is 3. The first-order valence-corrected chi connectivity index (χ1v) is 7.46. The van der Waals surface area contributed by atoms with Crippen LogP contribution in [-0.4, -0.2) is 52.2 Å². The minimum Gasteiger partial charge on any atom is -0.480 e. The number of nitrogens with one attached hydrogen (secondary N) is 1. The van der Waals surface area contributed by atoms with E-state index in [0.717, 1.165) is 0 Å². The van der Waals surface area contributed by atoms with E-state index in [-0.39, 0.29) is 17.9 Å². The van der Waals surface area contributed by atoms with E-state index < -0.39 is 17.1 Å². The van der Waals surface area contributed by atoms with Gasteiger partial charge in [0, 0.05) is 20.0 Å². The number of hydrogen-bond donors (Lipinski definition) is 2. The zero-order valence-corrected chi connectivity index (χ0v) is 13.9. The highest BCUT2D eigenvalue weighted by Gasteiger charge is 2.44. The van der Waals surface area contributed by atoms with Gasteiger partial charge < -0.3 is 20.1 Å². The molecule has 0 spiro atoms. The summed E-state index contributed by atoms with van der Waals surface area (Å²) in [4.78, 5) is 36.4. The van der Waals surface area contributed by atoms with Crippen molar-refractivity contribution in [2.75, 3.05) is 13.1 Å². The summed E-state index contributed by atoms with van der Waals surface area (Å²) in [7, 11) is 0. The van der Waals surface area contributed by atoms with Crippen LogP contribution in [-0.2, 0) is 14.3 Å². The molecule has 0 aromatic carbocycles. The van der Waals surface area contributed by atoms with Gasteiger partial charge in [0.2, 0.25) is 5.91 Å². The smallest absolute Gasteiger partial charge is 0.410 e. The highest BCUT2D eigenvalue weighted by Crippen LogP contribution is 2.29. The van der Waals surface area contributed by atoms with Crippen molar-refractivity contribution in [3.05, 3.63) is 0 Å². The molecule has 1 atom stereocenters. The van der Waals surface area contributed by atoms with E-state index in [0.29, 0.717) is 25.9 Å². The van der Waals surface area contributed by atoms with Crippen LogP contribution in [0, 0.1) is 5.92 Å². The Balaban J connectivity index is 2.69. The van der Waals surface area contributed by atoms with Gasteiger partial charge in [0.15, 0.2) is 0 Å². The van der Waals surface area contributed by atoms with Crippen LogP contribution >= 0.6 is 0 Å². The van der Waals surface area contributed by atoms with E-state index in [4.69, 9.17) is 4.74 Å². The van der Waals surface area contributed by atoms with Gasteiger partial charge in [-0.25, -0.2) is 9.59 Å². The number of carboxylic acids is 1. The molecule has 1 rings (SSSR count). The number of hydrogen-bond acceptors (Lipinski definition) is 4. The summed E-state index contributed by atoms with van der Waals surface area (Å²) in [6, 6.07) is 0. The Labute approximate surface area is 131 Å². The summed E-state index contributed by atoms with van der Waals surface area (Å²) >= 11 is 0. The van der Waals surface area contributed by atoms with Gasteiger partial charge in [-0.1, -0.05) is 0 Å². The summed E-state index contributed by atoms with van der Waals surface area (Å²) in [5.74, 6) is -1.66. The van der Waals surface area contributed by atoms with E-state index in [1.165, 1.54) is 13.8 Å². The second kappa shape index (κ2) is 6.54. The number of piperidine rings is 1. The lowest BCUT2D eigenvalue weighted by Crippen LogP contribution is -2.59. The SMILES string of the molecule is CC(=O)N[C@@](C)(C(=O)O)C1CCN(C(=O)OC(C)(C)C)CC1. The fraction of sp³-hybridized carbons (Fsp3) is 0.800. The Morgan fingerprint density at radius 3 is 2.00 bits per heavy atom. The van der Waals surface area contributed by atoms with Crippen molar-refractivity contribution in [3.8, 4) is 0 Å². The minimum atomic E-state index is -1.31. The van der Waals surface area contributed by atoms with Crippen LogP contribution < -0.4 is 5.32 Å². The number of aliphatic carboxylic acids is 1. The molecular weight excluding hydrogens is 288 g/mol. The number of nitrogens with zero attached hydrogens (tertiary/aromatic N) is 1. The van der Waals surface area contributed by atoms with E-state index in [9.17, 15) is 19.5 Å². The number of rotatable bonds is 3. The lowest BCUT2D eigenvalue weighted by atomic mass is 9.79. The first-order valence-electron chi connectivity index (χ1n) is 7.46. The Kier molecular flexibility index (Phi) is 5.43. The van der Waals surface area contributed by atoms with Crippen LogP contribution in [0.4, 0.5) is 4.79 Å². The minimum absolute atomic E-state index is 0.229. The normalized spacial score (nSPS) is 19.2. The molecule has 0 saturated carbocycles. The van der Waals surface area contributed by atoms with E-state index >= 15 is 0 Å². The van der Waals surface area contributed by atoms with Gasteiger partial charge >= 0.3 is 12.1 Å². The quantitative estimate of drug-likeness (QED) is 0.825. The zero-order chi connectivity index (χ0) is 17.1. The molecule has 0 aromatic heterocycles. The predicted molar refractivity (Wildman–Crippen MR) is 80.4 cm³/mol. The van der Waals surface area contributed by atoms with Crippen molar-refractivity contribution in [2.45, 2.75) is 58.6 Å². The number of amides is 2. The van der Waals surface area contributed by atoms with Gasteiger partial charge in [-0.15, -0.1) is 0 Å². The molecule has 0 bridgehead atoms. The molecule has 1 aliphatic rings. The maximum atomic E-state index is 12.0. The van der Waals surface area contributed by atoms with Gasteiger partial charge in [-0.2, -0.15) is 0 Å². The second-order valence-electron chi connectivity index (χ2n) is 6.93. The van der Waals surface area contributed by atoms with Crippen LogP contribution in [0.5, 0.6) is 0 Å². The van der Waals surface area contributed by atoms with Crippen molar-refractivity contribution in [1.29, 1.82) is 0 Å². The highest BCUT2D eigenvalue weighted by atomic mass is 16.6. The lowest BCUT2D eigenvalue weighted by molar-refractivity contribution is -0.150. The van der Waals surface area contributed by atoms with Crippen LogP contribution in [0.3, 0.4) is 0 Å². The summed E-state index contributed by atoms with van der Waals surface area (Å²) in [5.41, 5.74) is -1.87. The largest absolute Gasteiger partial charge is 0.480 e. The molecule has 1 saturated heterocycles. The third-order valence-corrected chi connectivity index (χ3v) is 3.84. The van der Waals surface area contributed by atoms with Gasteiger partial charge in [-0.05, 0) is 46.5 Å². The first-order chi connectivity index (χ1) is 9.95. The zero-order valence-electron chi connectivity index (χ0n) is 13.9. The van der Waals surface area contributed by atoms with E-state index in [2.05, 4.69) is 5.32 Å². The molecule has 126 valence electrons. The molecular formula is C15H26N2O5. The molecule has 22 heavy (non-hydrogen) atoms. The van der Waals surface area contributed by atoms with Crippen molar-refractivity contribution in [3.63, 3.8) is 0 Å². The molecule has 0 unspecified atom stereocenters. The summed E-state index contributed by atoms with van der Waals surface area (Å²) in [5, 5.41) is 12.0. The molecule has 0 aromatic rings. The second-order valence-corrected chi connectivity index (χ2v) is 6.93. The van der Waals surface area contributed by atoms with Crippen molar-refractivity contribution < 1.29 is 24.2 Å². The number of carbonyl (C=O) groups excluding carboxylic acids is 2. The topological polar surface area (TPSA) is 95.9 Å². The maximum absolute atomic E-state index is 12.0. The molecule has 0 radical (unpaired) electrons. The standard InChI is InChI=1S/C15H26N2O5/c1-10(18)16-15(5,12(19)20)11-6-8-17(9-7-11)13(21)22-14(2,3)4/h11H,6-9H2,1-5H3,(H,16,18)(H,19,20)/t15-/m1/s1. The average molecular weight is 314 g/mol. The number of likely N-dealkylation sites (tertiary alicyclic amines) is 1. The lowest BCUT2D eigenvalue weighted by Gasteiger charge is -2.40.